The smallest absolute Gasteiger partial charge is 0.272 e. The number of nitro benzene ring substituents is 1. The maximum Gasteiger partial charge on any atom is 0.272 e. The zero-order valence-electron chi connectivity index (χ0n) is 10.5. The highest BCUT2D eigenvalue weighted by Crippen LogP contribution is 2.29. The van der Waals surface area contributed by atoms with Crippen molar-refractivity contribution in [2.45, 2.75) is 0 Å². The monoisotopic (exact) mass is 293 g/mol. The molecule has 0 fully saturated rings. The number of halogens is 2. The maximum absolute atomic E-state index is 13.7. The van der Waals surface area contributed by atoms with Gasteiger partial charge in [0.1, 0.15) is 17.4 Å². The van der Waals surface area contributed by atoms with Gasteiger partial charge in [-0.25, -0.2) is 8.78 Å². The molecule has 108 valence electrons. The molecule has 0 atom stereocenters. The van der Waals surface area contributed by atoms with Gasteiger partial charge in [0.15, 0.2) is 11.6 Å². The van der Waals surface area contributed by atoms with Crippen LogP contribution in [0.1, 0.15) is 5.56 Å². The Morgan fingerprint density at radius 3 is 2.43 bits per heavy atom. The van der Waals surface area contributed by atoms with Gasteiger partial charge in [0.25, 0.3) is 5.69 Å². The van der Waals surface area contributed by atoms with Gasteiger partial charge in [-0.1, -0.05) is 0 Å². The largest absolute Gasteiger partial charge is 0.454 e. The standard InChI is InChI=1S/C13H9F2N3O3/c14-7-1-3-11(9(5-7)13(16)17)21-12-4-2-8(18(19)20)6-10(12)15/h1-6H,(H3,16,17). The van der Waals surface area contributed by atoms with E-state index in [-0.39, 0.29) is 17.1 Å². The molecule has 0 saturated carbocycles. The van der Waals surface area contributed by atoms with E-state index in [4.69, 9.17) is 15.9 Å². The average molecular weight is 293 g/mol. The van der Waals surface area contributed by atoms with Crippen molar-refractivity contribution >= 4 is 11.5 Å². The third-order valence-corrected chi connectivity index (χ3v) is 2.58. The van der Waals surface area contributed by atoms with Crippen LogP contribution in [0.2, 0.25) is 0 Å². The van der Waals surface area contributed by atoms with E-state index in [1.807, 2.05) is 0 Å². The van der Waals surface area contributed by atoms with Crippen LogP contribution in [0.5, 0.6) is 11.5 Å². The van der Waals surface area contributed by atoms with Gasteiger partial charge in [-0.15, -0.1) is 0 Å². The molecular weight excluding hydrogens is 284 g/mol. The number of benzene rings is 2. The first-order valence-corrected chi connectivity index (χ1v) is 5.64. The quantitative estimate of drug-likeness (QED) is 0.391. The van der Waals surface area contributed by atoms with E-state index in [2.05, 4.69) is 0 Å². The summed E-state index contributed by atoms with van der Waals surface area (Å²) < 4.78 is 32.0. The van der Waals surface area contributed by atoms with Gasteiger partial charge in [0, 0.05) is 6.07 Å². The topological polar surface area (TPSA) is 102 Å². The average Bonchev–Trinajstić information content (AvgIpc) is 2.42. The molecule has 0 saturated heterocycles. The number of nitrogens with two attached hydrogens (primary N) is 1. The molecule has 0 unspecified atom stereocenters. The molecule has 6 nitrogen and oxygen atoms in total. The molecule has 0 spiro atoms. The molecular formula is C13H9F2N3O3. The summed E-state index contributed by atoms with van der Waals surface area (Å²) in [6, 6.07) is 6.06. The summed E-state index contributed by atoms with van der Waals surface area (Å²) in [6.45, 7) is 0. The van der Waals surface area contributed by atoms with Crippen LogP contribution in [0.25, 0.3) is 0 Å². The molecule has 0 heterocycles. The third kappa shape index (κ3) is 3.11. The summed E-state index contributed by atoms with van der Waals surface area (Å²) in [7, 11) is 0. The molecule has 2 aromatic rings. The number of nitro groups is 1. The highest BCUT2D eigenvalue weighted by Gasteiger charge is 2.15. The van der Waals surface area contributed by atoms with Crippen LogP contribution in [0.3, 0.4) is 0 Å². The van der Waals surface area contributed by atoms with Crippen LogP contribution in [-0.4, -0.2) is 10.8 Å². The lowest BCUT2D eigenvalue weighted by Crippen LogP contribution is -2.12. The molecule has 8 heteroatoms. The Hall–Kier alpha value is -3.03. The second kappa shape index (κ2) is 5.53. The van der Waals surface area contributed by atoms with Gasteiger partial charge in [-0.2, -0.15) is 0 Å². The normalized spacial score (nSPS) is 10.2. The maximum atomic E-state index is 13.7. The number of amidine groups is 1. The lowest BCUT2D eigenvalue weighted by Gasteiger charge is -2.10. The summed E-state index contributed by atoms with van der Waals surface area (Å²) in [5.74, 6) is -2.36. The van der Waals surface area contributed by atoms with E-state index in [0.29, 0.717) is 6.07 Å². The Balaban J connectivity index is 2.39. The van der Waals surface area contributed by atoms with Crippen LogP contribution in [0, 0.1) is 27.2 Å². The number of ether oxygens (including phenoxy) is 1. The summed E-state index contributed by atoms with van der Waals surface area (Å²) in [5.41, 5.74) is 4.82. The second-order valence-corrected chi connectivity index (χ2v) is 4.03. The van der Waals surface area contributed by atoms with Crippen molar-refractivity contribution < 1.29 is 18.4 Å². The zero-order chi connectivity index (χ0) is 15.6. The van der Waals surface area contributed by atoms with Crippen LogP contribution >= 0.6 is 0 Å². The molecule has 0 aliphatic heterocycles. The summed E-state index contributed by atoms with van der Waals surface area (Å²) >= 11 is 0. The van der Waals surface area contributed by atoms with Gasteiger partial charge in [-0.05, 0) is 24.3 Å². The Morgan fingerprint density at radius 1 is 1.19 bits per heavy atom. The predicted molar refractivity (Wildman–Crippen MR) is 70.5 cm³/mol. The SMILES string of the molecule is N=C(N)c1cc(F)ccc1Oc1ccc([N+](=O)[O-])cc1F. The van der Waals surface area contributed by atoms with Gasteiger partial charge >= 0.3 is 0 Å². The summed E-state index contributed by atoms with van der Waals surface area (Å²) in [5, 5.41) is 17.8. The third-order valence-electron chi connectivity index (χ3n) is 2.58. The molecule has 21 heavy (non-hydrogen) atoms. The fourth-order valence-corrected chi connectivity index (χ4v) is 1.61. The number of hydrogen-bond donors (Lipinski definition) is 2. The van der Waals surface area contributed by atoms with Crippen molar-refractivity contribution in [1.29, 1.82) is 5.41 Å². The van der Waals surface area contributed by atoms with E-state index >= 15 is 0 Å². The Bertz CT molecular complexity index is 735. The zero-order valence-corrected chi connectivity index (χ0v) is 10.5. The first-order valence-electron chi connectivity index (χ1n) is 5.64. The van der Waals surface area contributed by atoms with E-state index < -0.39 is 28.1 Å². The minimum Gasteiger partial charge on any atom is -0.454 e. The lowest BCUT2D eigenvalue weighted by molar-refractivity contribution is -0.385. The molecule has 0 radical (unpaired) electrons. The van der Waals surface area contributed by atoms with Crippen LogP contribution in [0.4, 0.5) is 14.5 Å². The summed E-state index contributed by atoms with van der Waals surface area (Å²) in [4.78, 5) is 9.77. The first-order chi connectivity index (χ1) is 9.88. The second-order valence-electron chi connectivity index (χ2n) is 4.03. The molecule has 2 aromatic carbocycles. The van der Waals surface area contributed by atoms with E-state index in [1.54, 1.807) is 0 Å². The highest BCUT2D eigenvalue weighted by atomic mass is 19.1. The fourth-order valence-electron chi connectivity index (χ4n) is 1.61. The van der Waals surface area contributed by atoms with Crippen molar-refractivity contribution in [1.82, 2.24) is 0 Å². The van der Waals surface area contributed by atoms with E-state index in [1.165, 1.54) is 6.07 Å². The molecule has 3 N–H and O–H groups in total. The Labute approximate surface area is 117 Å². The van der Waals surface area contributed by atoms with Crippen molar-refractivity contribution in [3.8, 4) is 11.5 Å². The van der Waals surface area contributed by atoms with Crippen LogP contribution in [-0.2, 0) is 0 Å². The van der Waals surface area contributed by atoms with Crippen molar-refractivity contribution in [3.63, 3.8) is 0 Å². The van der Waals surface area contributed by atoms with Gasteiger partial charge < -0.3 is 10.5 Å². The minimum absolute atomic E-state index is 0.0309. The van der Waals surface area contributed by atoms with Crippen molar-refractivity contribution in [2.24, 2.45) is 5.73 Å². The highest BCUT2D eigenvalue weighted by molar-refractivity contribution is 5.97. The van der Waals surface area contributed by atoms with E-state index in [0.717, 1.165) is 24.3 Å². The Morgan fingerprint density at radius 2 is 1.86 bits per heavy atom. The van der Waals surface area contributed by atoms with Gasteiger partial charge in [-0.3, -0.25) is 15.5 Å². The predicted octanol–water partition coefficient (Wildman–Crippen LogP) is 2.95. The van der Waals surface area contributed by atoms with Crippen molar-refractivity contribution in [2.75, 3.05) is 0 Å². The lowest BCUT2D eigenvalue weighted by atomic mass is 10.2. The molecule has 0 bridgehead atoms. The molecule has 0 aliphatic carbocycles. The van der Waals surface area contributed by atoms with Crippen molar-refractivity contribution in [3.05, 3.63) is 63.7 Å². The molecule has 0 aliphatic rings. The number of non-ortho nitro benzene ring substituents is 1. The van der Waals surface area contributed by atoms with Gasteiger partial charge in [0.2, 0.25) is 0 Å². The van der Waals surface area contributed by atoms with E-state index in [9.17, 15) is 18.9 Å². The Kier molecular flexibility index (Phi) is 3.79. The number of nitrogens with one attached hydrogen (secondary N) is 1. The van der Waals surface area contributed by atoms with Crippen LogP contribution in [0.15, 0.2) is 36.4 Å². The number of hydrogen-bond acceptors (Lipinski definition) is 4. The molecule has 2 rings (SSSR count). The van der Waals surface area contributed by atoms with Crippen LogP contribution < -0.4 is 10.5 Å². The number of rotatable bonds is 4. The molecule has 0 amide bonds. The minimum atomic E-state index is -0.956. The summed E-state index contributed by atoms with van der Waals surface area (Å²) in [6.07, 6.45) is 0. The fraction of sp³-hybridized carbons (Fsp3) is 0. The molecule has 0 aromatic heterocycles. The van der Waals surface area contributed by atoms with Gasteiger partial charge in [0.05, 0.1) is 16.6 Å². The number of nitrogens with zero attached hydrogens (tertiary/aromatic N) is 1. The number of nitrogen functional groups attached to an aromatic ring is 1. The first kappa shape index (κ1) is 14.4.